The second-order valence-corrected chi connectivity index (χ2v) is 3.88. The molecule has 2 rings (SSSR count). The van der Waals surface area contributed by atoms with Crippen molar-refractivity contribution in [2.24, 2.45) is 0 Å². The molecule has 1 aromatic rings. The van der Waals surface area contributed by atoms with Crippen LogP contribution in [-0.4, -0.2) is 33.9 Å². The maximum atomic E-state index is 10.5. The molecule has 2 N–H and O–H groups in total. The standard InChI is InChI=1S/C10H15N3O2/c14-10(15)5-8-6-12-13(7-8)9-1-3-11-4-2-9/h6-7,9,11H,1-5H2,(H,14,15). The van der Waals surface area contributed by atoms with Crippen LogP contribution < -0.4 is 5.32 Å². The number of aliphatic carboxylic acids is 1. The van der Waals surface area contributed by atoms with Crippen LogP contribution in [0.5, 0.6) is 0 Å². The summed E-state index contributed by atoms with van der Waals surface area (Å²) >= 11 is 0. The highest BCUT2D eigenvalue weighted by molar-refractivity contribution is 5.69. The number of piperidine rings is 1. The predicted octanol–water partition coefficient (Wildman–Crippen LogP) is 0.435. The van der Waals surface area contributed by atoms with E-state index in [1.807, 2.05) is 10.9 Å². The third kappa shape index (κ3) is 2.56. The molecule has 1 saturated heterocycles. The van der Waals surface area contributed by atoms with Gasteiger partial charge in [0.25, 0.3) is 0 Å². The van der Waals surface area contributed by atoms with Gasteiger partial charge in [-0.3, -0.25) is 9.48 Å². The number of hydrogen-bond acceptors (Lipinski definition) is 3. The molecular weight excluding hydrogens is 194 g/mol. The van der Waals surface area contributed by atoms with Gasteiger partial charge in [0.1, 0.15) is 0 Å². The van der Waals surface area contributed by atoms with Crippen molar-refractivity contribution in [2.75, 3.05) is 13.1 Å². The van der Waals surface area contributed by atoms with Crippen molar-refractivity contribution in [3.63, 3.8) is 0 Å². The number of carboxylic acids is 1. The molecule has 0 aromatic carbocycles. The molecule has 5 heteroatoms. The largest absolute Gasteiger partial charge is 0.481 e. The zero-order chi connectivity index (χ0) is 10.7. The fraction of sp³-hybridized carbons (Fsp3) is 0.600. The Kier molecular flexibility index (Phi) is 3.01. The van der Waals surface area contributed by atoms with Gasteiger partial charge in [-0.2, -0.15) is 5.10 Å². The van der Waals surface area contributed by atoms with Crippen molar-refractivity contribution < 1.29 is 9.90 Å². The van der Waals surface area contributed by atoms with Crippen molar-refractivity contribution in [1.82, 2.24) is 15.1 Å². The SMILES string of the molecule is O=C(O)Cc1cnn(C2CCNCC2)c1. The van der Waals surface area contributed by atoms with Crippen LogP contribution in [0, 0.1) is 0 Å². The Balaban J connectivity index is 2.02. The third-order valence-corrected chi connectivity index (χ3v) is 2.69. The van der Waals surface area contributed by atoms with Gasteiger partial charge in [0.05, 0.1) is 18.7 Å². The quantitative estimate of drug-likeness (QED) is 0.757. The van der Waals surface area contributed by atoms with E-state index < -0.39 is 5.97 Å². The molecule has 1 aromatic heterocycles. The van der Waals surface area contributed by atoms with Gasteiger partial charge in [0.2, 0.25) is 0 Å². The Labute approximate surface area is 88.1 Å². The molecule has 0 amide bonds. The van der Waals surface area contributed by atoms with Crippen molar-refractivity contribution in [2.45, 2.75) is 25.3 Å². The van der Waals surface area contributed by atoms with Crippen molar-refractivity contribution in [1.29, 1.82) is 0 Å². The van der Waals surface area contributed by atoms with Crippen LogP contribution >= 0.6 is 0 Å². The molecular formula is C10H15N3O2. The van der Waals surface area contributed by atoms with Crippen molar-refractivity contribution in [3.05, 3.63) is 18.0 Å². The van der Waals surface area contributed by atoms with Crippen LogP contribution in [0.1, 0.15) is 24.4 Å². The van der Waals surface area contributed by atoms with E-state index in [1.165, 1.54) is 0 Å². The molecule has 0 spiro atoms. The topological polar surface area (TPSA) is 67.1 Å². The summed E-state index contributed by atoms with van der Waals surface area (Å²) in [5, 5.41) is 16.1. The van der Waals surface area contributed by atoms with Crippen LogP contribution in [0.25, 0.3) is 0 Å². The van der Waals surface area contributed by atoms with Crippen LogP contribution in [0.3, 0.4) is 0 Å². The highest BCUT2D eigenvalue weighted by Gasteiger charge is 2.15. The molecule has 1 aliphatic rings. The van der Waals surface area contributed by atoms with Crippen molar-refractivity contribution >= 4 is 5.97 Å². The predicted molar refractivity (Wildman–Crippen MR) is 54.7 cm³/mol. The molecule has 82 valence electrons. The maximum absolute atomic E-state index is 10.5. The Morgan fingerprint density at radius 2 is 2.33 bits per heavy atom. The summed E-state index contributed by atoms with van der Waals surface area (Å²) in [5.74, 6) is -0.806. The fourth-order valence-electron chi connectivity index (χ4n) is 1.91. The molecule has 1 aliphatic heterocycles. The average molecular weight is 209 g/mol. The van der Waals surface area contributed by atoms with Crippen LogP contribution in [0.2, 0.25) is 0 Å². The zero-order valence-corrected chi connectivity index (χ0v) is 8.52. The fourth-order valence-corrected chi connectivity index (χ4v) is 1.91. The first-order chi connectivity index (χ1) is 7.25. The lowest BCUT2D eigenvalue weighted by atomic mass is 10.1. The molecule has 0 bridgehead atoms. The summed E-state index contributed by atoms with van der Waals surface area (Å²) < 4.78 is 1.90. The molecule has 0 aliphatic carbocycles. The van der Waals surface area contributed by atoms with Gasteiger partial charge in [0, 0.05) is 11.8 Å². The third-order valence-electron chi connectivity index (χ3n) is 2.69. The van der Waals surface area contributed by atoms with E-state index in [0.29, 0.717) is 6.04 Å². The molecule has 0 saturated carbocycles. The van der Waals surface area contributed by atoms with Gasteiger partial charge in [-0.1, -0.05) is 0 Å². The second-order valence-electron chi connectivity index (χ2n) is 3.88. The van der Waals surface area contributed by atoms with Gasteiger partial charge in [-0.15, -0.1) is 0 Å². The maximum Gasteiger partial charge on any atom is 0.307 e. The smallest absolute Gasteiger partial charge is 0.307 e. The number of nitrogens with zero attached hydrogens (tertiary/aromatic N) is 2. The zero-order valence-electron chi connectivity index (χ0n) is 8.52. The lowest BCUT2D eigenvalue weighted by Crippen LogP contribution is -2.29. The first-order valence-corrected chi connectivity index (χ1v) is 5.21. The molecule has 0 atom stereocenters. The van der Waals surface area contributed by atoms with E-state index in [9.17, 15) is 4.79 Å². The number of hydrogen-bond donors (Lipinski definition) is 2. The number of carboxylic acid groups (broad SMARTS) is 1. The average Bonchev–Trinajstić information content (AvgIpc) is 2.67. The first-order valence-electron chi connectivity index (χ1n) is 5.21. The Morgan fingerprint density at radius 1 is 1.60 bits per heavy atom. The number of aromatic nitrogens is 2. The summed E-state index contributed by atoms with van der Waals surface area (Å²) in [7, 11) is 0. The number of nitrogens with one attached hydrogen (secondary N) is 1. The minimum absolute atomic E-state index is 0.0605. The summed E-state index contributed by atoms with van der Waals surface area (Å²) in [4.78, 5) is 10.5. The van der Waals surface area contributed by atoms with E-state index in [2.05, 4.69) is 10.4 Å². The summed E-state index contributed by atoms with van der Waals surface area (Å²) in [6, 6.07) is 0.425. The lowest BCUT2D eigenvalue weighted by molar-refractivity contribution is -0.136. The molecule has 5 nitrogen and oxygen atoms in total. The molecule has 15 heavy (non-hydrogen) atoms. The lowest BCUT2D eigenvalue weighted by Gasteiger charge is -2.22. The minimum atomic E-state index is -0.806. The number of carbonyl (C=O) groups is 1. The van der Waals surface area contributed by atoms with E-state index in [-0.39, 0.29) is 6.42 Å². The van der Waals surface area contributed by atoms with E-state index in [4.69, 9.17) is 5.11 Å². The molecule has 2 heterocycles. The van der Waals surface area contributed by atoms with Crippen LogP contribution in [-0.2, 0) is 11.2 Å². The first kappa shape index (κ1) is 10.2. The van der Waals surface area contributed by atoms with Crippen LogP contribution in [0.15, 0.2) is 12.4 Å². The minimum Gasteiger partial charge on any atom is -0.481 e. The van der Waals surface area contributed by atoms with E-state index in [1.54, 1.807) is 6.20 Å². The van der Waals surface area contributed by atoms with Gasteiger partial charge < -0.3 is 10.4 Å². The summed E-state index contributed by atoms with van der Waals surface area (Å²) in [6.07, 6.45) is 5.69. The van der Waals surface area contributed by atoms with E-state index in [0.717, 1.165) is 31.5 Å². The van der Waals surface area contributed by atoms with Gasteiger partial charge in [-0.05, 0) is 25.9 Å². The van der Waals surface area contributed by atoms with Gasteiger partial charge in [-0.25, -0.2) is 0 Å². The van der Waals surface area contributed by atoms with Crippen LogP contribution in [0.4, 0.5) is 0 Å². The normalized spacial score (nSPS) is 17.9. The van der Waals surface area contributed by atoms with Gasteiger partial charge in [0.15, 0.2) is 0 Å². The molecule has 0 unspecified atom stereocenters. The monoisotopic (exact) mass is 209 g/mol. The summed E-state index contributed by atoms with van der Waals surface area (Å²) in [5.41, 5.74) is 0.779. The second kappa shape index (κ2) is 4.44. The van der Waals surface area contributed by atoms with Crippen molar-refractivity contribution in [3.8, 4) is 0 Å². The van der Waals surface area contributed by atoms with Gasteiger partial charge >= 0.3 is 5.97 Å². The molecule has 1 fully saturated rings. The number of rotatable bonds is 3. The highest BCUT2D eigenvalue weighted by Crippen LogP contribution is 2.17. The Hall–Kier alpha value is -1.36. The Bertz CT molecular complexity index is 342. The van der Waals surface area contributed by atoms with E-state index >= 15 is 0 Å². The Morgan fingerprint density at radius 3 is 3.00 bits per heavy atom. The molecule has 0 radical (unpaired) electrons. The summed E-state index contributed by atoms with van der Waals surface area (Å²) in [6.45, 7) is 2.03. The highest BCUT2D eigenvalue weighted by atomic mass is 16.4.